The summed E-state index contributed by atoms with van der Waals surface area (Å²) in [5, 5.41) is 5.76. The number of amides is 1. The van der Waals surface area contributed by atoms with Gasteiger partial charge in [0.1, 0.15) is 11.5 Å². The molecule has 5 nitrogen and oxygen atoms in total. The molecule has 108 valence electrons. The average molecular weight is 352 g/mol. The molecule has 0 saturated carbocycles. The van der Waals surface area contributed by atoms with Crippen LogP contribution in [-0.2, 0) is 19.8 Å². The van der Waals surface area contributed by atoms with E-state index < -0.39 is 17.8 Å². The van der Waals surface area contributed by atoms with Crippen LogP contribution in [0.5, 0.6) is 0 Å². The molecule has 0 aliphatic rings. The summed E-state index contributed by atoms with van der Waals surface area (Å²) < 4.78 is 43.5. The summed E-state index contributed by atoms with van der Waals surface area (Å²) in [7, 11) is 1.27. The minimum Gasteiger partial charge on any atom is -0.467 e. The van der Waals surface area contributed by atoms with E-state index in [4.69, 9.17) is 4.42 Å². The Kier molecular flexibility index (Phi) is 3.89. The van der Waals surface area contributed by atoms with E-state index in [0.29, 0.717) is 5.76 Å². The van der Waals surface area contributed by atoms with Crippen molar-refractivity contribution in [1.29, 1.82) is 0 Å². The van der Waals surface area contributed by atoms with Crippen molar-refractivity contribution in [3.05, 3.63) is 40.0 Å². The Morgan fingerprint density at radius 1 is 1.55 bits per heavy atom. The van der Waals surface area contributed by atoms with Crippen LogP contribution >= 0.6 is 15.9 Å². The molecule has 0 saturated heterocycles. The minimum atomic E-state index is -4.63. The zero-order valence-electron chi connectivity index (χ0n) is 10.2. The van der Waals surface area contributed by atoms with Gasteiger partial charge in [-0.3, -0.25) is 9.48 Å². The van der Waals surface area contributed by atoms with Crippen molar-refractivity contribution < 1.29 is 22.4 Å². The number of furan rings is 1. The van der Waals surface area contributed by atoms with Crippen LogP contribution in [0.3, 0.4) is 0 Å². The molecule has 0 bridgehead atoms. The van der Waals surface area contributed by atoms with Gasteiger partial charge < -0.3 is 9.73 Å². The lowest BCUT2D eigenvalue weighted by Gasteiger charge is -2.04. The second-order valence-corrected chi connectivity index (χ2v) is 4.69. The van der Waals surface area contributed by atoms with Crippen LogP contribution in [0, 0.1) is 0 Å². The topological polar surface area (TPSA) is 60.1 Å². The second kappa shape index (κ2) is 5.31. The van der Waals surface area contributed by atoms with Crippen molar-refractivity contribution in [2.45, 2.75) is 12.7 Å². The van der Waals surface area contributed by atoms with E-state index in [2.05, 4.69) is 26.3 Å². The number of alkyl halides is 3. The first-order valence-corrected chi connectivity index (χ1v) is 6.20. The van der Waals surface area contributed by atoms with E-state index in [0.717, 1.165) is 4.68 Å². The van der Waals surface area contributed by atoms with Crippen molar-refractivity contribution in [1.82, 2.24) is 15.1 Å². The van der Waals surface area contributed by atoms with Crippen molar-refractivity contribution in [3.63, 3.8) is 0 Å². The molecule has 0 atom stereocenters. The summed E-state index contributed by atoms with van der Waals surface area (Å²) in [5.74, 6) is -0.188. The molecule has 2 aromatic rings. The number of nitrogens with one attached hydrogen (secondary N) is 1. The molecule has 2 rings (SSSR count). The van der Waals surface area contributed by atoms with Gasteiger partial charge in [-0.1, -0.05) is 0 Å². The number of hydrogen-bond acceptors (Lipinski definition) is 3. The number of carbonyl (C=O) groups is 1. The Labute approximate surface area is 119 Å². The molecule has 1 N–H and O–H groups in total. The van der Waals surface area contributed by atoms with Crippen LogP contribution in [0.1, 0.15) is 21.9 Å². The molecule has 20 heavy (non-hydrogen) atoms. The van der Waals surface area contributed by atoms with Gasteiger partial charge in [-0.15, -0.1) is 0 Å². The lowest BCUT2D eigenvalue weighted by molar-refractivity contribution is -0.142. The van der Waals surface area contributed by atoms with E-state index in [-0.39, 0.29) is 16.7 Å². The molecule has 1 amide bonds. The molecule has 2 heterocycles. The smallest absolute Gasteiger partial charge is 0.436 e. The predicted molar refractivity (Wildman–Crippen MR) is 65.8 cm³/mol. The van der Waals surface area contributed by atoms with E-state index in [1.807, 2.05) is 0 Å². The third-order valence-electron chi connectivity index (χ3n) is 2.48. The maximum Gasteiger partial charge on any atom is 0.436 e. The number of carbonyl (C=O) groups excluding carboxylic acids is 1. The summed E-state index contributed by atoms with van der Waals surface area (Å²) in [4.78, 5) is 11.9. The molecule has 0 aliphatic heterocycles. The maximum atomic E-state index is 12.7. The summed E-state index contributed by atoms with van der Waals surface area (Å²) in [5.41, 5.74) is -1.34. The number of aryl methyl sites for hydroxylation is 1. The Morgan fingerprint density at radius 2 is 2.25 bits per heavy atom. The van der Waals surface area contributed by atoms with Gasteiger partial charge in [0.2, 0.25) is 0 Å². The number of halogens is 4. The van der Waals surface area contributed by atoms with E-state index in [1.54, 1.807) is 12.1 Å². The second-order valence-electron chi connectivity index (χ2n) is 3.89. The zero-order chi connectivity index (χ0) is 14.9. The highest BCUT2D eigenvalue weighted by atomic mass is 79.9. The third kappa shape index (κ3) is 2.87. The molecule has 9 heteroatoms. The first-order chi connectivity index (χ1) is 9.30. The average Bonchev–Trinajstić information content (AvgIpc) is 2.94. The van der Waals surface area contributed by atoms with Gasteiger partial charge in [-0.25, -0.2) is 0 Å². The standard InChI is InChI=1S/C11H9BrF3N3O2/c1-18-8(7(12)9(17-18)11(13,14)15)10(19)16-5-6-3-2-4-20-6/h2-4H,5H2,1H3,(H,16,19). The summed E-state index contributed by atoms with van der Waals surface area (Å²) in [6, 6.07) is 3.28. The quantitative estimate of drug-likeness (QED) is 0.924. The van der Waals surface area contributed by atoms with Crippen LogP contribution in [0.15, 0.2) is 27.3 Å². The minimum absolute atomic E-state index is 0.0742. The predicted octanol–water partition coefficient (Wildman–Crippen LogP) is 2.72. The molecule has 0 radical (unpaired) electrons. The van der Waals surface area contributed by atoms with Gasteiger partial charge in [0, 0.05) is 7.05 Å². The largest absolute Gasteiger partial charge is 0.467 e. The van der Waals surface area contributed by atoms with Gasteiger partial charge in [0.15, 0.2) is 5.69 Å². The molecular formula is C11H9BrF3N3O2. The van der Waals surface area contributed by atoms with Crippen molar-refractivity contribution >= 4 is 21.8 Å². The summed E-state index contributed by atoms with van der Waals surface area (Å²) in [6.07, 6.45) is -3.20. The Morgan fingerprint density at radius 3 is 2.75 bits per heavy atom. The summed E-state index contributed by atoms with van der Waals surface area (Å²) >= 11 is 2.77. The lowest BCUT2D eigenvalue weighted by Crippen LogP contribution is -2.25. The Balaban J connectivity index is 2.20. The van der Waals surface area contributed by atoms with Crippen molar-refractivity contribution in [3.8, 4) is 0 Å². The van der Waals surface area contributed by atoms with Crippen LogP contribution in [-0.4, -0.2) is 15.7 Å². The Hall–Kier alpha value is -1.77. The third-order valence-corrected chi connectivity index (χ3v) is 3.23. The van der Waals surface area contributed by atoms with E-state index >= 15 is 0 Å². The monoisotopic (exact) mass is 351 g/mol. The highest BCUT2D eigenvalue weighted by Crippen LogP contribution is 2.35. The number of rotatable bonds is 3. The SMILES string of the molecule is Cn1nc(C(F)(F)F)c(Br)c1C(=O)NCc1ccco1. The molecule has 0 fully saturated rings. The molecule has 0 spiro atoms. The van der Waals surface area contributed by atoms with Crippen molar-refractivity contribution in [2.24, 2.45) is 7.05 Å². The van der Waals surface area contributed by atoms with E-state index in [9.17, 15) is 18.0 Å². The van der Waals surface area contributed by atoms with E-state index in [1.165, 1.54) is 13.3 Å². The molecule has 0 aliphatic carbocycles. The van der Waals surface area contributed by atoms with Crippen molar-refractivity contribution in [2.75, 3.05) is 0 Å². The number of aromatic nitrogens is 2. The Bertz CT molecular complexity index is 620. The summed E-state index contributed by atoms with van der Waals surface area (Å²) in [6.45, 7) is 0.0742. The highest BCUT2D eigenvalue weighted by Gasteiger charge is 2.39. The normalized spacial score (nSPS) is 11.7. The zero-order valence-corrected chi connectivity index (χ0v) is 11.7. The lowest BCUT2D eigenvalue weighted by atomic mass is 10.3. The fourth-order valence-electron chi connectivity index (χ4n) is 1.59. The highest BCUT2D eigenvalue weighted by molar-refractivity contribution is 9.10. The maximum absolute atomic E-state index is 12.7. The fraction of sp³-hybridized carbons (Fsp3) is 0.273. The van der Waals surface area contributed by atoms with Crippen LogP contribution in [0.2, 0.25) is 0 Å². The molecular weight excluding hydrogens is 343 g/mol. The fourth-order valence-corrected chi connectivity index (χ4v) is 2.33. The first kappa shape index (κ1) is 14.6. The van der Waals surface area contributed by atoms with Crippen LogP contribution in [0.4, 0.5) is 13.2 Å². The van der Waals surface area contributed by atoms with Gasteiger partial charge in [-0.05, 0) is 28.1 Å². The molecule has 0 unspecified atom stereocenters. The van der Waals surface area contributed by atoms with Crippen LogP contribution in [0.25, 0.3) is 0 Å². The first-order valence-electron chi connectivity index (χ1n) is 5.41. The van der Waals surface area contributed by atoms with Crippen LogP contribution < -0.4 is 5.32 Å². The number of nitrogens with zero attached hydrogens (tertiary/aromatic N) is 2. The van der Waals surface area contributed by atoms with Gasteiger partial charge >= 0.3 is 6.18 Å². The molecule has 0 aromatic carbocycles. The number of hydrogen-bond donors (Lipinski definition) is 1. The van der Waals surface area contributed by atoms with Gasteiger partial charge in [0.05, 0.1) is 17.3 Å². The van der Waals surface area contributed by atoms with Gasteiger partial charge in [0.25, 0.3) is 5.91 Å². The molecule has 2 aromatic heterocycles. The van der Waals surface area contributed by atoms with Gasteiger partial charge in [-0.2, -0.15) is 18.3 Å².